The van der Waals surface area contributed by atoms with E-state index in [0.29, 0.717) is 17.7 Å². The van der Waals surface area contributed by atoms with Crippen molar-refractivity contribution >= 4 is 11.9 Å². The monoisotopic (exact) mass is 301 g/mol. The van der Waals surface area contributed by atoms with E-state index in [4.69, 9.17) is 0 Å². The van der Waals surface area contributed by atoms with E-state index < -0.39 is 17.4 Å². The maximum Gasteiger partial charge on any atom is 0.329 e. The summed E-state index contributed by atoms with van der Waals surface area (Å²) in [4.78, 5) is 23.7. The third kappa shape index (κ3) is 2.86. The molecule has 1 atom stereocenters. The molecule has 0 aliphatic heterocycles. The van der Waals surface area contributed by atoms with E-state index in [1.807, 2.05) is 30.3 Å². The van der Waals surface area contributed by atoms with Crippen LogP contribution in [0.15, 0.2) is 36.5 Å². The SMILES string of the molecule is CCC(C)(NC(=O)c1cnn(-c2ccccc2)c1C)C(=O)O. The molecule has 2 N–H and O–H groups in total. The van der Waals surface area contributed by atoms with E-state index in [0.717, 1.165) is 5.69 Å². The Morgan fingerprint density at radius 1 is 1.32 bits per heavy atom. The quantitative estimate of drug-likeness (QED) is 0.886. The van der Waals surface area contributed by atoms with Crippen molar-refractivity contribution in [1.82, 2.24) is 15.1 Å². The highest BCUT2D eigenvalue weighted by atomic mass is 16.4. The lowest BCUT2D eigenvalue weighted by Crippen LogP contribution is -2.51. The first-order valence-corrected chi connectivity index (χ1v) is 7.05. The number of amides is 1. The third-order valence-corrected chi connectivity index (χ3v) is 3.82. The molecule has 0 saturated carbocycles. The number of para-hydroxylation sites is 1. The summed E-state index contributed by atoms with van der Waals surface area (Å²) in [5.41, 5.74) is 0.575. The molecule has 0 spiro atoms. The van der Waals surface area contributed by atoms with Crippen LogP contribution in [0.5, 0.6) is 0 Å². The zero-order valence-corrected chi connectivity index (χ0v) is 12.8. The average molecular weight is 301 g/mol. The molecule has 0 bridgehead atoms. The minimum atomic E-state index is -1.29. The molecule has 1 aromatic carbocycles. The molecule has 1 unspecified atom stereocenters. The number of carboxylic acids is 1. The summed E-state index contributed by atoms with van der Waals surface area (Å²) in [6, 6.07) is 9.43. The van der Waals surface area contributed by atoms with Gasteiger partial charge in [-0.25, -0.2) is 9.48 Å². The normalized spacial score (nSPS) is 13.4. The van der Waals surface area contributed by atoms with Gasteiger partial charge in [-0.15, -0.1) is 0 Å². The minimum Gasteiger partial charge on any atom is -0.480 e. The maximum absolute atomic E-state index is 12.4. The Morgan fingerprint density at radius 2 is 1.95 bits per heavy atom. The number of hydrogen-bond acceptors (Lipinski definition) is 3. The summed E-state index contributed by atoms with van der Waals surface area (Å²) in [7, 11) is 0. The molecule has 0 radical (unpaired) electrons. The Balaban J connectivity index is 2.29. The summed E-state index contributed by atoms with van der Waals surface area (Å²) >= 11 is 0. The number of hydrogen-bond donors (Lipinski definition) is 2. The summed E-state index contributed by atoms with van der Waals surface area (Å²) in [6.07, 6.45) is 1.75. The molecule has 0 saturated heterocycles. The summed E-state index contributed by atoms with van der Waals surface area (Å²) in [6.45, 7) is 4.98. The van der Waals surface area contributed by atoms with Gasteiger partial charge in [0.25, 0.3) is 5.91 Å². The largest absolute Gasteiger partial charge is 0.480 e. The van der Waals surface area contributed by atoms with Crippen molar-refractivity contribution in [2.75, 3.05) is 0 Å². The Bertz CT molecular complexity index is 694. The van der Waals surface area contributed by atoms with Crippen LogP contribution in [0.1, 0.15) is 36.3 Å². The van der Waals surface area contributed by atoms with Gasteiger partial charge >= 0.3 is 5.97 Å². The number of carbonyl (C=O) groups is 2. The fourth-order valence-corrected chi connectivity index (χ4v) is 2.07. The third-order valence-electron chi connectivity index (χ3n) is 3.82. The lowest BCUT2D eigenvalue weighted by Gasteiger charge is -2.24. The molecular formula is C16H19N3O3. The van der Waals surface area contributed by atoms with Gasteiger partial charge in [0.1, 0.15) is 5.54 Å². The molecule has 1 aromatic heterocycles. The lowest BCUT2D eigenvalue weighted by molar-refractivity contribution is -0.143. The molecule has 2 aromatic rings. The highest BCUT2D eigenvalue weighted by molar-refractivity contribution is 5.98. The van der Waals surface area contributed by atoms with Gasteiger partial charge in [0.15, 0.2) is 0 Å². The van der Waals surface area contributed by atoms with Gasteiger partial charge in [-0.3, -0.25) is 4.79 Å². The molecule has 0 fully saturated rings. The zero-order valence-electron chi connectivity index (χ0n) is 12.8. The van der Waals surface area contributed by atoms with Crippen molar-refractivity contribution in [2.24, 2.45) is 0 Å². The zero-order chi connectivity index (χ0) is 16.3. The van der Waals surface area contributed by atoms with E-state index in [2.05, 4.69) is 10.4 Å². The first-order chi connectivity index (χ1) is 10.4. The Labute approximate surface area is 128 Å². The molecular weight excluding hydrogens is 282 g/mol. The van der Waals surface area contributed by atoms with Gasteiger partial charge in [-0.1, -0.05) is 25.1 Å². The topological polar surface area (TPSA) is 84.2 Å². The molecule has 0 aliphatic carbocycles. The molecule has 0 aliphatic rings. The Morgan fingerprint density at radius 3 is 2.50 bits per heavy atom. The fraction of sp³-hybridized carbons (Fsp3) is 0.312. The van der Waals surface area contributed by atoms with Gasteiger partial charge in [-0.05, 0) is 32.4 Å². The van der Waals surface area contributed by atoms with Crippen LogP contribution in [0, 0.1) is 6.92 Å². The van der Waals surface area contributed by atoms with Crippen LogP contribution >= 0.6 is 0 Å². The first kappa shape index (κ1) is 15.8. The van der Waals surface area contributed by atoms with Crippen molar-refractivity contribution in [3.05, 3.63) is 47.8 Å². The number of nitrogens with one attached hydrogen (secondary N) is 1. The second-order valence-electron chi connectivity index (χ2n) is 5.34. The summed E-state index contributed by atoms with van der Waals surface area (Å²) in [5, 5.41) is 16.0. The first-order valence-electron chi connectivity index (χ1n) is 7.05. The standard InChI is InChI=1S/C16H19N3O3/c1-4-16(3,15(21)22)18-14(20)13-10-17-19(11(13)2)12-8-6-5-7-9-12/h5-10H,4H2,1-3H3,(H,18,20)(H,21,22). The van der Waals surface area contributed by atoms with Crippen LogP contribution in [0.3, 0.4) is 0 Å². The van der Waals surface area contributed by atoms with Crippen molar-refractivity contribution in [1.29, 1.82) is 0 Å². The van der Waals surface area contributed by atoms with Crippen LogP contribution in [0.4, 0.5) is 0 Å². The number of benzene rings is 1. The maximum atomic E-state index is 12.4. The van der Waals surface area contributed by atoms with Gasteiger partial charge in [0, 0.05) is 0 Å². The molecule has 2 rings (SSSR count). The van der Waals surface area contributed by atoms with E-state index in [1.54, 1.807) is 18.5 Å². The van der Waals surface area contributed by atoms with E-state index in [1.165, 1.54) is 13.1 Å². The predicted molar refractivity (Wildman–Crippen MR) is 82.1 cm³/mol. The van der Waals surface area contributed by atoms with Gasteiger partial charge in [0.05, 0.1) is 23.1 Å². The fourth-order valence-electron chi connectivity index (χ4n) is 2.07. The van der Waals surface area contributed by atoms with Gasteiger partial charge in [-0.2, -0.15) is 5.10 Å². The van der Waals surface area contributed by atoms with Crippen molar-refractivity contribution < 1.29 is 14.7 Å². The Hall–Kier alpha value is -2.63. The summed E-state index contributed by atoms with van der Waals surface area (Å²) in [5.74, 6) is -1.50. The van der Waals surface area contributed by atoms with Crippen LogP contribution in [0.25, 0.3) is 5.69 Å². The van der Waals surface area contributed by atoms with Gasteiger partial charge < -0.3 is 10.4 Å². The van der Waals surface area contributed by atoms with E-state index in [9.17, 15) is 14.7 Å². The molecule has 116 valence electrons. The van der Waals surface area contributed by atoms with Crippen LogP contribution in [-0.2, 0) is 4.79 Å². The van der Waals surface area contributed by atoms with Crippen molar-refractivity contribution in [2.45, 2.75) is 32.7 Å². The molecule has 6 heteroatoms. The van der Waals surface area contributed by atoms with Crippen LogP contribution in [0.2, 0.25) is 0 Å². The second kappa shape index (κ2) is 6.01. The van der Waals surface area contributed by atoms with E-state index in [-0.39, 0.29) is 0 Å². The van der Waals surface area contributed by atoms with Crippen molar-refractivity contribution in [3.8, 4) is 5.69 Å². The number of carbonyl (C=O) groups excluding carboxylic acids is 1. The number of rotatable bonds is 5. The van der Waals surface area contributed by atoms with E-state index >= 15 is 0 Å². The number of aliphatic carboxylic acids is 1. The van der Waals surface area contributed by atoms with Crippen molar-refractivity contribution in [3.63, 3.8) is 0 Å². The summed E-state index contributed by atoms with van der Waals surface area (Å²) < 4.78 is 1.65. The number of carboxylic acid groups (broad SMARTS) is 1. The smallest absolute Gasteiger partial charge is 0.329 e. The molecule has 1 heterocycles. The lowest BCUT2D eigenvalue weighted by atomic mass is 9.98. The predicted octanol–water partition coefficient (Wildman–Crippen LogP) is 2.16. The minimum absolute atomic E-state index is 0.292. The number of aromatic nitrogens is 2. The molecule has 1 amide bonds. The molecule has 22 heavy (non-hydrogen) atoms. The van der Waals surface area contributed by atoms with Crippen LogP contribution in [-0.4, -0.2) is 32.3 Å². The number of nitrogens with zero attached hydrogens (tertiary/aromatic N) is 2. The molecule has 6 nitrogen and oxygen atoms in total. The van der Waals surface area contributed by atoms with Gasteiger partial charge in [0.2, 0.25) is 0 Å². The highest BCUT2D eigenvalue weighted by Crippen LogP contribution is 2.16. The Kier molecular flexibility index (Phi) is 4.30. The second-order valence-corrected chi connectivity index (χ2v) is 5.34. The average Bonchev–Trinajstić information content (AvgIpc) is 2.89. The van der Waals surface area contributed by atoms with Crippen LogP contribution < -0.4 is 5.32 Å². The highest BCUT2D eigenvalue weighted by Gasteiger charge is 2.33.